The van der Waals surface area contributed by atoms with Gasteiger partial charge in [-0.2, -0.15) is 5.10 Å². The van der Waals surface area contributed by atoms with Gasteiger partial charge in [-0.05, 0) is 38.0 Å². The van der Waals surface area contributed by atoms with Crippen molar-refractivity contribution in [2.75, 3.05) is 5.73 Å². The van der Waals surface area contributed by atoms with Crippen molar-refractivity contribution in [2.24, 2.45) is 0 Å². The summed E-state index contributed by atoms with van der Waals surface area (Å²) in [6, 6.07) is 12.5. The van der Waals surface area contributed by atoms with E-state index in [2.05, 4.69) is 14.9 Å². The van der Waals surface area contributed by atoms with Gasteiger partial charge in [0.25, 0.3) is 5.69 Å². The van der Waals surface area contributed by atoms with Crippen LogP contribution in [-0.2, 0) is 0 Å². The highest BCUT2D eigenvalue weighted by molar-refractivity contribution is 5.91. The largest absolute Gasteiger partial charge is 0.393 e. The smallest absolute Gasteiger partial charge is 0.254 e. The van der Waals surface area contributed by atoms with Gasteiger partial charge in [-0.1, -0.05) is 30.3 Å². The van der Waals surface area contributed by atoms with E-state index >= 15 is 4.39 Å². The normalized spacial score (nSPS) is 20.2. The summed E-state index contributed by atoms with van der Waals surface area (Å²) < 4.78 is 31.4. The Kier molecular flexibility index (Phi) is 4.46. The van der Waals surface area contributed by atoms with Crippen molar-refractivity contribution in [3.05, 3.63) is 71.6 Å². The predicted octanol–water partition coefficient (Wildman–Crippen LogP) is 5.26. The van der Waals surface area contributed by atoms with Gasteiger partial charge in [-0.25, -0.2) is 18.6 Å². The molecule has 0 saturated heterocycles. The number of pyridine rings is 1. The Morgan fingerprint density at radius 3 is 2.53 bits per heavy atom. The molecule has 160 valence electrons. The Labute approximate surface area is 182 Å². The summed E-state index contributed by atoms with van der Waals surface area (Å²) in [5, 5.41) is 15.0. The van der Waals surface area contributed by atoms with E-state index in [9.17, 15) is 9.50 Å². The number of benzene rings is 2. The molecule has 1 fully saturated rings. The third-order valence-electron chi connectivity index (χ3n) is 5.94. The van der Waals surface area contributed by atoms with Gasteiger partial charge in [0.2, 0.25) is 0 Å². The predicted molar refractivity (Wildman–Crippen MR) is 118 cm³/mol. The molecule has 2 aromatic carbocycles. The second kappa shape index (κ2) is 7.11. The number of halogens is 2. The van der Waals surface area contributed by atoms with Crippen LogP contribution in [0.25, 0.3) is 38.3 Å². The fourth-order valence-corrected chi connectivity index (χ4v) is 4.29. The monoisotopic (exact) mass is 431 g/mol. The number of hydrogen-bond donors (Lipinski definition) is 2. The first-order chi connectivity index (χ1) is 15.3. The molecular weight excluding hydrogens is 412 g/mol. The summed E-state index contributed by atoms with van der Waals surface area (Å²) in [5.41, 5.74) is 6.26. The molecule has 5 rings (SSSR count). The van der Waals surface area contributed by atoms with Crippen LogP contribution in [0.5, 0.6) is 0 Å². The lowest BCUT2D eigenvalue weighted by Gasteiger charge is -2.41. The molecule has 3 N–H and O–H groups in total. The fraction of sp³-hybridized carbons (Fsp3) is 0.208. The van der Waals surface area contributed by atoms with Crippen LogP contribution in [0, 0.1) is 18.2 Å². The van der Waals surface area contributed by atoms with Crippen molar-refractivity contribution in [3.8, 4) is 22.5 Å². The summed E-state index contributed by atoms with van der Waals surface area (Å²) in [4.78, 5) is 7.85. The molecule has 8 heteroatoms. The Bertz CT molecular complexity index is 1410. The summed E-state index contributed by atoms with van der Waals surface area (Å²) >= 11 is 0. The van der Waals surface area contributed by atoms with E-state index in [4.69, 9.17) is 12.3 Å². The molecule has 2 heterocycles. The lowest BCUT2D eigenvalue weighted by atomic mass is 9.77. The first-order valence-corrected chi connectivity index (χ1v) is 10.1. The van der Waals surface area contributed by atoms with Crippen LogP contribution in [0.3, 0.4) is 0 Å². The number of rotatable bonds is 3. The first kappa shape index (κ1) is 20.1. The van der Waals surface area contributed by atoms with Gasteiger partial charge in [-0.15, -0.1) is 0 Å². The zero-order valence-electron chi connectivity index (χ0n) is 17.2. The van der Waals surface area contributed by atoms with Gasteiger partial charge in [-0.3, -0.25) is 4.68 Å². The molecule has 0 spiro atoms. The van der Waals surface area contributed by atoms with Crippen LogP contribution in [0.2, 0.25) is 0 Å². The van der Waals surface area contributed by atoms with E-state index in [1.54, 1.807) is 49.4 Å². The number of fused-ring (bicyclic) bond motifs is 1. The summed E-state index contributed by atoms with van der Waals surface area (Å²) in [7, 11) is 0. The van der Waals surface area contributed by atoms with Gasteiger partial charge in [0.05, 0.1) is 23.9 Å². The highest BCUT2D eigenvalue weighted by Gasteiger charge is 2.41. The van der Waals surface area contributed by atoms with Crippen molar-refractivity contribution in [2.45, 2.75) is 31.4 Å². The molecule has 32 heavy (non-hydrogen) atoms. The van der Waals surface area contributed by atoms with Gasteiger partial charge in [0.1, 0.15) is 22.8 Å². The molecule has 1 saturated carbocycles. The van der Waals surface area contributed by atoms with Crippen LogP contribution in [0.4, 0.5) is 20.3 Å². The molecule has 4 aromatic rings. The Hall–Kier alpha value is -3.83. The summed E-state index contributed by atoms with van der Waals surface area (Å²) in [6.45, 7) is 9.27. The topological polar surface area (TPSA) is 81.3 Å². The number of nitrogen functional groups attached to an aromatic ring is 1. The van der Waals surface area contributed by atoms with Crippen LogP contribution >= 0.6 is 0 Å². The zero-order valence-corrected chi connectivity index (χ0v) is 17.2. The van der Waals surface area contributed by atoms with E-state index < -0.39 is 17.2 Å². The average molecular weight is 431 g/mol. The molecule has 0 atom stereocenters. The highest BCUT2D eigenvalue weighted by Crippen LogP contribution is 2.46. The molecule has 0 bridgehead atoms. The van der Waals surface area contributed by atoms with E-state index in [0.717, 1.165) is 0 Å². The molecule has 0 unspecified atom stereocenters. The van der Waals surface area contributed by atoms with Crippen molar-refractivity contribution in [3.63, 3.8) is 0 Å². The van der Waals surface area contributed by atoms with Gasteiger partial charge in [0.15, 0.2) is 5.82 Å². The molecule has 0 amide bonds. The van der Waals surface area contributed by atoms with Crippen molar-refractivity contribution in [1.82, 2.24) is 14.8 Å². The minimum atomic E-state index is -0.803. The van der Waals surface area contributed by atoms with E-state index in [-0.39, 0.29) is 39.9 Å². The number of aromatic nitrogens is 3. The van der Waals surface area contributed by atoms with Crippen molar-refractivity contribution in [1.29, 1.82) is 0 Å². The summed E-state index contributed by atoms with van der Waals surface area (Å²) in [5.74, 6) is -0.965. The lowest BCUT2D eigenvalue weighted by Crippen LogP contribution is -2.42. The standard InChI is InChI=1S/C24H19F2N5O/c1-24(32)11-14(12-24)31-23(27)22(28-2)21(30-31)16-9-7-13-8-10-18(29-20(13)19(16)26)15-5-3-4-6-17(15)25/h3-10,14,32H,11-12,27H2,1H3. The molecule has 1 aliphatic rings. The third-order valence-corrected chi connectivity index (χ3v) is 5.94. The van der Waals surface area contributed by atoms with Gasteiger partial charge >= 0.3 is 0 Å². The average Bonchev–Trinajstić information content (AvgIpc) is 3.08. The fourth-order valence-electron chi connectivity index (χ4n) is 4.29. The van der Waals surface area contributed by atoms with Crippen LogP contribution in [-0.4, -0.2) is 25.5 Å². The maximum Gasteiger partial charge on any atom is 0.254 e. The minimum absolute atomic E-state index is 0.0545. The maximum absolute atomic E-state index is 15.6. The quantitative estimate of drug-likeness (QED) is 0.434. The van der Waals surface area contributed by atoms with Crippen molar-refractivity contribution < 1.29 is 13.9 Å². The first-order valence-electron chi connectivity index (χ1n) is 10.1. The second-order valence-corrected chi connectivity index (χ2v) is 8.37. The number of aliphatic hydroxyl groups is 1. The molecule has 1 aliphatic carbocycles. The maximum atomic E-state index is 15.6. The summed E-state index contributed by atoms with van der Waals surface area (Å²) in [6.07, 6.45) is 0.896. The van der Waals surface area contributed by atoms with E-state index in [1.807, 2.05) is 0 Å². The minimum Gasteiger partial charge on any atom is -0.393 e. The van der Waals surface area contributed by atoms with Crippen molar-refractivity contribution >= 4 is 22.4 Å². The third kappa shape index (κ3) is 3.10. The Balaban J connectivity index is 1.65. The zero-order chi connectivity index (χ0) is 22.6. The Morgan fingerprint density at radius 2 is 1.84 bits per heavy atom. The second-order valence-electron chi connectivity index (χ2n) is 8.37. The number of anilines is 1. The SMILES string of the molecule is [C-]#[N+]c1c(-c2ccc3ccc(-c4ccccc4F)nc3c2F)nn(C2CC(C)(O)C2)c1N. The van der Waals surface area contributed by atoms with E-state index in [1.165, 1.54) is 10.7 Å². The Morgan fingerprint density at radius 1 is 1.12 bits per heavy atom. The van der Waals surface area contributed by atoms with Crippen LogP contribution in [0.1, 0.15) is 25.8 Å². The van der Waals surface area contributed by atoms with Crippen LogP contribution in [0.15, 0.2) is 48.5 Å². The number of nitrogens with zero attached hydrogens (tertiary/aromatic N) is 4. The molecule has 0 radical (unpaired) electrons. The molecule has 0 aliphatic heterocycles. The number of hydrogen-bond acceptors (Lipinski definition) is 4. The lowest BCUT2D eigenvalue weighted by molar-refractivity contribution is -0.0535. The van der Waals surface area contributed by atoms with Crippen LogP contribution < -0.4 is 5.73 Å². The molecular formula is C24H19F2N5O. The molecule has 6 nitrogen and oxygen atoms in total. The molecule has 2 aromatic heterocycles. The van der Waals surface area contributed by atoms with E-state index in [0.29, 0.717) is 23.9 Å². The highest BCUT2D eigenvalue weighted by atomic mass is 19.1. The van der Waals surface area contributed by atoms with Gasteiger partial charge < -0.3 is 10.8 Å². The number of nitrogens with two attached hydrogens (primary N) is 1. The van der Waals surface area contributed by atoms with Gasteiger partial charge in [0, 0.05) is 16.5 Å².